The minimum Gasteiger partial charge on any atom is -0.391 e. The van der Waals surface area contributed by atoms with Gasteiger partial charge in [0.15, 0.2) is 0 Å². The maximum atomic E-state index is 13.0. The van der Waals surface area contributed by atoms with Crippen LogP contribution in [0.4, 0.5) is 0 Å². The Morgan fingerprint density at radius 2 is 0.727 bits per heavy atom. The largest absolute Gasteiger partial charge is 0.472 e. The number of hydrogen-bond donors (Lipinski definition) is 8. The maximum absolute atomic E-state index is 13.0. The number of hydrogen-bond acceptors (Lipinski definition) is 10. The first-order valence-corrected chi connectivity index (χ1v) is 29.5. The highest BCUT2D eigenvalue weighted by molar-refractivity contribution is 7.47. The van der Waals surface area contributed by atoms with Crippen molar-refractivity contribution in [2.75, 3.05) is 6.61 Å². The van der Waals surface area contributed by atoms with Gasteiger partial charge in [-0.3, -0.25) is 13.8 Å². The Bertz CT molecular complexity index is 1120. The first-order chi connectivity index (χ1) is 31.9. The third-order valence-corrected chi connectivity index (χ3v) is 14.9. The second kappa shape index (κ2) is 43.2. The zero-order valence-corrected chi connectivity index (χ0v) is 43.4. The third kappa shape index (κ3) is 33.8. The number of carbonyl (C=O) groups is 1. The van der Waals surface area contributed by atoms with E-state index in [9.17, 15) is 44.9 Å². The molecule has 0 heterocycles. The van der Waals surface area contributed by atoms with Crippen LogP contribution in [-0.2, 0) is 18.4 Å². The predicted molar refractivity (Wildman–Crippen MR) is 269 cm³/mol. The van der Waals surface area contributed by atoms with Crippen molar-refractivity contribution < 1.29 is 53.9 Å². The van der Waals surface area contributed by atoms with Gasteiger partial charge in [0.2, 0.25) is 5.91 Å². The number of phosphoric acid groups is 1. The standard InChI is InChI=1S/C53H106NO11P/c1-3-5-7-9-11-13-14-15-16-17-18-19-20-21-22-23-24-25-26-27-28-29-30-31-32-33-35-37-39-41-43-47(56)54-45(46(55)42-40-38-36-34-12-10-8-6-4-2)44-64-66(62,63)65-53-51(60)49(58)48(57)50(59)52(53)61/h45-46,48-53,55,57-61H,3-44H2,1-2H3,(H,54,56)(H,62,63)/t45-,46+,48?,49+,50?,51?,52?,53?/m0/s1. The average molecular weight is 964 g/mol. The number of phosphoric ester groups is 1. The van der Waals surface area contributed by atoms with Gasteiger partial charge in [0.05, 0.1) is 18.8 Å². The van der Waals surface area contributed by atoms with Gasteiger partial charge in [0.1, 0.15) is 36.6 Å². The summed E-state index contributed by atoms with van der Waals surface area (Å²) in [5, 5.41) is 64.1. The van der Waals surface area contributed by atoms with Gasteiger partial charge in [-0.15, -0.1) is 0 Å². The quantitative estimate of drug-likeness (QED) is 0.0213. The Kier molecular flexibility index (Phi) is 41.4. The summed E-state index contributed by atoms with van der Waals surface area (Å²) < 4.78 is 23.0. The number of rotatable bonds is 48. The second-order valence-electron chi connectivity index (χ2n) is 20.1. The molecule has 12 nitrogen and oxygen atoms in total. The molecule has 6 unspecified atom stereocenters. The Labute approximate surface area is 404 Å². The molecule has 0 bridgehead atoms. The number of carbonyl (C=O) groups excluding carboxylic acids is 1. The number of amides is 1. The van der Waals surface area contributed by atoms with Crippen molar-refractivity contribution in [3.63, 3.8) is 0 Å². The smallest absolute Gasteiger partial charge is 0.391 e. The summed E-state index contributed by atoms with van der Waals surface area (Å²) in [6.07, 6.45) is 37.6. The van der Waals surface area contributed by atoms with Crippen LogP contribution in [0.25, 0.3) is 0 Å². The summed E-state index contributed by atoms with van der Waals surface area (Å²) >= 11 is 0. The fourth-order valence-corrected chi connectivity index (χ4v) is 10.3. The topological polar surface area (TPSA) is 206 Å². The van der Waals surface area contributed by atoms with Gasteiger partial charge in [-0.25, -0.2) is 4.57 Å². The van der Waals surface area contributed by atoms with Crippen LogP contribution in [0, 0.1) is 0 Å². The lowest BCUT2D eigenvalue weighted by Gasteiger charge is -2.41. The molecule has 13 heteroatoms. The predicted octanol–water partition coefficient (Wildman–Crippen LogP) is 12.2. The zero-order valence-electron chi connectivity index (χ0n) is 42.5. The van der Waals surface area contributed by atoms with Gasteiger partial charge >= 0.3 is 7.82 Å². The van der Waals surface area contributed by atoms with E-state index in [-0.39, 0.29) is 12.3 Å². The highest BCUT2D eigenvalue weighted by Crippen LogP contribution is 2.47. The number of unbranched alkanes of at least 4 members (excludes halogenated alkanes) is 37. The van der Waals surface area contributed by atoms with Crippen molar-refractivity contribution in [1.29, 1.82) is 0 Å². The van der Waals surface area contributed by atoms with Crippen molar-refractivity contribution in [3.8, 4) is 0 Å². The Balaban J connectivity index is 2.17. The molecule has 1 aliphatic rings. The molecule has 0 saturated heterocycles. The molecule has 0 aromatic rings. The van der Waals surface area contributed by atoms with Gasteiger partial charge in [-0.2, -0.15) is 0 Å². The Morgan fingerprint density at radius 1 is 0.455 bits per heavy atom. The van der Waals surface area contributed by atoms with E-state index < -0.39 is 63.2 Å². The van der Waals surface area contributed by atoms with Crippen molar-refractivity contribution in [1.82, 2.24) is 5.32 Å². The van der Waals surface area contributed by atoms with Crippen molar-refractivity contribution in [2.45, 2.75) is 326 Å². The normalized spacial score (nSPS) is 21.8. The highest BCUT2D eigenvalue weighted by Gasteiger charge is 2.51. The highest BCUT2D eigenvalue weighted by atomic mass is 31.2. The number of nitrogens with one attached hydrogen (secondary N) is 1. The molecule has 1 amide bonds. The monoisotopic (exact) mass is 964 g/mol. The van der Waals surface area contributed by atoms with Crippen LogP contribution in [0.15, 0.2) is 0 Å². The van der Waals surface area contributed by atoms with Crippen LogP contribution >= 0.6 is 7.82 Å². The Hall–Kier alpha value is -0.660. The lowest BCUT2D eigenvalue weighted by atomic mass is 9.85. The lowest BCUT2D eigenvalue weighted by Crippen LogP contribution is -2.64. The van der Waals surface area contributed by atoms with Crippen LogP contribution in [0.5, 0.6) is 0 Å². The fourth-order valence-electron chi connectivity index (χ4n) is 9.38. The van der Waals surface area contributed by atoms with Gasteiger partial charge in [-0.1, -0.05) is 258 Å². The minimum atomic E-state index is -5.05. The molecule has 1 saturated carbocycles. The first-order valence-electron chi connectivity index (χ1n) is 28.0. The van der Waals surface area contributed by atoms with Gasteiger partial charge < -0.3 is 40.8 Å². The van der Waals surface area contributed by atoms with Crippen LogP contribution in [0.2, 0.25) is 0 Å². The first kappa shape index (κ1) is 63.4. The summed E-state index contributed by atoms with van der Waals surface area (Å²) in [7, 11) is -5.05. The molecule has 9 atom stereocenters. The Morgan fingerprint density at radius 3 is 1.05 bits per heavy atom. The summed E-state index contributed by atoms with van der Waals surface area (Å²) in [4.78, 5) is 23.4. The average Bonchev–Trinajstić information content (AvgIpc) is 3.30. The van der Waals surface area contributed by atoms with E-state index in [4.69, 9.17) is 9.05 Å². The van der Waals surface area contributed by atoms with E-state index in [1.54, 1.807) is 0 Å². The molecule has 0 aromatic carbocycles. The fraction of sp³-hybridized carbons (Fsp3) is 0.981. The summed E-state index contributed by atoms with van der Waals surface area (Å²) in [6.45, 7) is 3.89. The van der Waals surface area contributed by atoms with Crippen LogP contribution < -0.4 is 5.32 Å². The molecule has 0 aliphatic heterocycles. The van der Waals surface area contributed by atoms with E-state index >= 15 is 0 Å². The number of aliphatic hydroxyl groups is 6. The molecule has 0 aromatic heterocycles. The molecule has 1 fully saturated rings. The molecule has 1 aliphatic carbocycles. The molecule has 8 N–H and O–H groups in total. The minimum absolute atomic E-state index is 0.243. The van der Waals surface area contributed by atoms with E-state index in [0.717, 1.165) is 38.5 Å². The van der Waals surface area contributed by atoms with E-state index in [1.165, 1.54) is 199 Å². The van der Waals surface area contributed by atoms with Crippen molar-refractivity contribution >= 4 is 13.7 Å². The maximum Gasteiger partial charge on any atom is 0.472 e. The van der Waals surface area contributed by atoms with E-state index in [0.29, 0.717) is 19.3 Å². The molecule has 0 spiro atoms. The molecule has 394 valence electrons. The zero-order chi connectivity index (χ0) is 48.5. The summed E-state index contributed by atoms with van der Waals surface area (Å²) in [5.74, 6) is -0.304. The van der Waals surface area contributed by atoms with E-state index in [1.807, 2.05) is 0 Å². The third-order valence-electron chi connectivity index (χ3n) is 13.9. The summed E-state index contributed by atoms with van der Waals surface area (Å²) in [5.41, 5.74) is 0. The molecule has 0 radical (unpaired) electrons. The van der Waals surface area contributed by atoms with Gasteiger partial charge in [0, 0.05) is 6.42 Å². The lowest BCUT2D eigenvalue weighted by molar-refractivity contribution is -0.220. The summed E-state index contributed by atoms with van der Waals surface area (Å²) in [6, 6.07) is -1.02. The van der Waals surface area contributed by atoms with Crippen molar-refractivity contribution in [3.05, 3.63) is 0 Å². The van der Waals surface area contributed by atoms with Gasteiger partial charge in [-0.05, 0) is 12.8 Å². The molecular formula is C53H106NO11P. The van der Waals surface area contributed by atoms with Gasteiger partial charge in [0.25, 0.3) is 0 Å². The van der Waals surface area contributed by atoms with Crippen LogP contribution in [0.1, 0.15) is 277 Å². The molecule has 66 heavy (non-hydrogen) atoms. The van der Waals surface area contributed by atoms with Crippen LogP contribution in [-0.4, -0.2) is 96.8 Å². The number of aliphatic hydroxyl groups excluding tert-OH is 6. The molecular weight excluding hydrogens is 858 g/mol. The SMILES string of the molecule is CCCCCCCCCCCCCCCCCCCCCCCCCCCCCCCCC(=O)N[C@@H](COP(=O)(O)OC1C(O)C(O)C(O)[C@@H](O)C1O)[C@H](O)CCCCCCCCCCC. The van der Waals surface area contributed by atoms with Crippen LogP contribution in [0.3, 0.4) is 0 Å². The molecule has 1 rings (SSSR count). The van der Waals surface area contributed by atoms with Crippen molar-refractivity contribution in [2.24, 2.45) is 0 Å². The van der Waals surface area contributed by atoms with E-state index in [2.05, 4.69) is 19.2 Å². The second-order valence-corrected chi connectivity index (χ2v) is 21.6.